The molecule has 1 saturated heterocycles. The summed E-state index contributed by atoms with van der Waals surface area (Å²) >= 11 is 0.917. The van der Waals surface area contributed by atoms with Gasteiger partial charge in [0.2, 0.25) is 5.13 Å². The molecule has 180 valence electrons. The molecule has 12 heteroatoms. The van der Waals surface area contributed by atoms with Crippen LogP contribution in [-0.4, -0.2) is 41.7 Å². The van der Waals surface area contributed by atoms with E-state index in [1.807, 2.05) is 4.90 Å². The van der Waals surface area contributed by atoms with Crippen LogP contribution in [0.4, 0.5) is 18.3 Å². The third-order valence-electron chi connectivity index (χ3n) is 6.17. The lowest BCUT2D eigenvalue weighted by Gasteiger charge is -2.45. The summed E-state index contributed by atoms with van der Waals surface area (Å²) in [5.41, 5.74) is 1.35. The fourth-order valence-corrected chi connectivity index (χ4v) is 6.25. The van der Waals surface area contributed by atoms with E-state index in [1.165, 1.54) is 30.6 Å². The Hall–Kier alpha value is -2.70. The van der Waals surface area contributed by atoms with Gasteiger partial charge in [-0.1, -0.05) is 18.2 Å². The Morgan fingerprint density at radius 3 is 2.68 bits per heavy atom. The number of alkyl halides is 2. The molecule has 2 atom stereocenters. The molecule has 0 radical (unpaired) electrons. The summed E-state index contributed by atoms with van der Waals surface area (Å²) in [7, 11) is -3.90. The number of benzene rings is 2. The number of anilines is 1. The standard InChI is InChI=1S/C22H21F3N4O3S2/c23-15-3-1-14(2-4-15)19-12-22(24,25)8-9-29(19)18-7-10-32-20-11-16(5-6-17(18)20)34(30,31)28-21-26-13-27-33-21/h1-6,11,13,18-19H,7-10,12H2,(H,26,27,28)/t18-,19-/m1/s1. The summed E-state index contributed by atoms with van der Waals surface area (Å²) in [5, 5.41) is 0.146. The monoisotopic (exact) mass is 510 g/mol. The zero-order valence-electron chi connectivity index (χ0n) is 17.8. The minimum absolute atomic E-state index is 0.00219. The zero-order chi connectivity index (χ0) is 23.9. The van der Waals surface area contributed by atoms with Crippen LogP contribution in [0.25, 0.3) is 0 Å². The lowest BCUT2D eigenvalue weighted by molar-refractivity contribution is -0.0931. The molecule has 0 unspecified atom stereocenters. The van der Waals surface area contributed by atoms with E-state index < -0.39 is 27.8 Å². The average Bonchev–Trinajstić information content (AvgIpc) is 3.31. The summed E-state index contributed by atoms with van der Waals surface area (Å²) in [6.07, 6.45) is 1.16. The second-order valence-corrected chi connectivity index (χ2v) is 10.8. The van der Waals surface area contributed by atoms with E-state index in [-0.39, 0.29) is 35.5 Å². The van der Waals surface area contributed by atoms with Crippen LogP contribution in [0.15, 0.2) is 53.7 Å². The Kier molecular flexibility index (Phi) is 5.98. The average molecular weight is 511 g/mol. The molecular formula is C22H21F3N4O3S2. The molecular weight excluding hydrogens is 489 g/mol. The molecule has 1 aromatic heterocycles. The predicted octanol–water partition coefficient (Wildman–Crippen LogP) is 4.77. The van der Waals surface area contributed by atoms with Crippen molar-refractivity contribution in [2.45, 2.75) is 42.2 Å². The lowest BCUT2D eigenvalue weighted by atomic mass is 9.88. The van der Waals surface area contributed by atoms with Crippen molar-refractivity contribution >= 4 is 26.7 Å². The van der Waals surface area contributed by atoms with Gasteiger partial charge in [0.1, 0.15) is 17.9 Å². The number of rotatable bonds is 5. The molecule has 34 heavy (non-hydrogen) atoms. The van der Waals surface area contributed by atoms with Crippen LogP contribution >= 0.6 is 11.5 Å². The maximum absolute atomic E-state index is 14.4. The van der Waals surface area contributed by atoms with Crippen molar-refractivity contribution in [3.05, 3.63) is 65.7 Å². The van der Waals surface area contributed by atoms with Crippen LogP contribution in [0.2, 0.25) is 0 Å². The Morgan fingerprint density at radius 1 is 1.15 bits per heavy atom. The molecule has 0 spiro atoms. The minimum Gasteiger partial charge on any atom is -0.493 e. The van der Waals surface area contributed by atoms with Gasteiger partial charge in [-0.05, 0) is 23.8 Å². The van der Waals surface area contributed by atoms with Crippen molar-refractivity contribution in [2.75, 3.05) is 17.9 Å². The largest absolute Gasteiger partial charge is 0.493 e. The second-order valence-electron chi connectivity index (χ2n) is 8.32. The van der Waals surface area contributed by atoms with E-state index in [4.69, 9.17) is 4.74 Å². The van der Waals surface area contributed by atoms with Gasteiger partial charge >= 0.3 is 0 Å². The number of sulfonamides is 1. The second kappa shape index (κ2) is 8.82. The number of aromatic nitrogens is 2. The maximum atomic E-state index is 14.4. The van der Waals surface area contributed by atoms with Crippen LogP contribution in [0.5, 0.6) is 5.75 Å². The summed E-state index contributed by atoms with van der Waals surface area (Å²) in [4.78, 5) is 5.84. The van der Waals surface area contributed by atoms with Crippen molar-refractivity contribution in [1.29, 1.82) is 0 Å². The SMILES string of the molecule is O=S(=O)(Nc1ncns1)c1ccc2c(c1)OCC[C@H]2N1CCC(F)(F)C[C@@H]1c1ccc(F)cc1. The summed E-state index contributed by atoms with van der Waals surface area (Å²) in [6.45, 7) is 0.464. The minimum atomic E-state index is -3.90. The molecule has 2 aliphatic heterocycles. The third-order valence-corrected chi connectivity index (χ3v) is 8.22. The maximum Gasteiger partial charge on any atom is 0.263 e. The molecule has 1 fully saturated rings. The van der Waals surface area contributed by atoms with Gasteiger partial charge in [0.15, 0.2) is 0 Å². The van der Waals surface area contributed by atoms with E-state index in [0.717, 1.165) is 17.1 Å². The summed E-state index contributed by atoms with van der Waals surface area (Å²) in [6, 6.07) is 9.37. The quantitative estimate of drug-likeness (QED) is 0.532. The zero-order valence-corrected chi connectivity index (χ0v) is 19.5. The van der Waals surface area contributed by atoms with Gasteiger partial charge in [-0.3, -0.25) is 9.62 Å². The first-order chi connectivity index (χ1) is 16.2. The highest BCUT2D eigenvalue weighted by Crippen LogP contribution is 2.47. The molecule has 3 aromatic rings. The normalized spacial score (nSPS) is 22.6. The predicted molar refractivity (Wildman–Crippen MR) is 120 cm³/mol. The smallest absolute Gasteiger partial charge is 0.263 e. The van der Waals surface area contributed by atoms with E-state index in [1.54, 1.807) is 18.2 Å². The number of likely N-dealkylation sites (tertiary alicyclic amines) is 1. The number of nitrogens with zero attached hydrogens (tertiary/aromatic N) is 3. The van der Waals surface area contributed by atoms with E-state index in [0.29, 0.717) is 24.3 Å². The number of ether oxygens (including phenoxy) is 1. The number of fused-ring (bicyclic) bond motifs is 1. The number of nitrogens with one attached hydrogen (secondary N) is 1. The fourth-order valence-electron chi connectivity index (χ4n) is 4.57. The Balaban J connectivity index is 1.46. The van der Waals surface area contributed by atoms with Gasteiger partial charge in [-0.2, -0.15) is 4.37 Å². The van der Waals surface area contributed by atoms with Crippen molar-refractivity contribution in [3.8, 4) is 5.75 Å². The Bertz CT molecular complexity index is 1270. The van der Waals surface area contributed by atoms with E-state index in [2.05, 4.69) is 14.1 Å². The van der Waals surface area contributed by atoms with Gasteiger partial charge in [-0.25, -0.2) is 26.6 Å². The number of halogens is 3. The Labute approximate surface area is 198 Å². The lowest BCUT2D eigenvalue weighted by Crippen LogP contribution is -2.44. The van der Waals surface area contributed by atoms with Crippen LogP contribution < -0.4 is 9.46 Å². The van der Waals surface area contributed by atoms with Crippen LogP contribution in [-0.2, 0) is 10.0 Å². The highest BCUT2D eigenvalue weighted by molar-refractivity contribution is 7.93. The fraction of sp³-hybridized carbons (Fsp3) is 0.364. The molecule has 2 aromatic carbocycles. The van der Waals surface area contributed by atoms with Crippen LogP contribution in [0.1, 0.15) is 42.5 Å². The van der Waals surface area contributed by atoms with Crippen molar-refractivity contribution in [3.63, 3.8) is 0 Å². The van der Waals surface area contributed by atoms with E-state index >= 15 is 0 Å². The molecule has 0 aliphatic carbocycles. The number of hydrogen-bond donors (Lipinski definition) is 1. The highest BCUT2D eigenvalue weighted by Gasteiger charge is 2.44. The van der Waals surface area contributed by atoms with Gasteiger partial charge in [0.25, 0.3) is 15.9 Å². The highest BCUT2D eigenvalue weighted by atomic mass is 32.2. The van der Waals surface area contributed by atoms with Crippen molar-refractivity contribution in [1.82, 2.24) is 14.3 Å². The van der Waals surface area contributed by atoms with E-state index in [9.17, 15) is 21.6 Å². The first-order valence-corrected chi connectivity index (χ1v) is 12.9. The molecule has 2 aliphatic rings. The number of piperidine rings is 1. The molecule has 3 heterocycles. The van der Waals surface area contributed by atoms with Gasteiger partial charge in [0, 0.05) is 61.1 Å². The molecule has 7 nitrogen and oxygen atoms in total. The van der Waals surface area contributed by atoms with Crippen molar-refractivity contribution in [2.24, 2.45) is 0 Å². The Morgan fingerprint density at radius 2 is 1.94 bits per heavy atom. The molecule has 0 saturated carbocycles. The summed E-state index contributed by atoms with van der Waals surface area (Å²) in [5.74, 6) is -2.85. The van der Waals surface area contributed by atoms with Gasteiger partial charge in [0.05, 0.1) is 11.5 Å². The van der Waals surface area contributed by atoms with Crippen LogP contribution in [0, 0.1) is 5.82 Å². The molecule has 0 amide bonds. The molecule has 1 N–H and O–H groups in total. The topological polar surface area (TPSA) is 84.4 Å². The first kappa shape index (κ1) is 23.1. The van der Waals surface area contributed by atoms with Gasteiger partial charge in [-0.15, -0.1) is 0 Å². The first-order valence-electron chi connectivity index (χ1n) is 10.7. The molecule has 5 rings (SSSR count). The summed E-state index contributed by atoms with van der Waals surface area (Å²) < 4.78 is 79.7. The third kappa shape index (κ3) is 4.62. The van der Waals surface area contributed by atoms with Gasteiger partial charge < -0.3 is 4.74 Å². The molecule has 0 bridgehead atoms. The number of hydrogen-bond acceptors (Lipinski definition) is 7. The van der Waals surface area contributed by atoms with Crippen molar-refractivity contribution < 1.29 is 26.3 Å². The van der Waals surface area contributed by atoms with Crippen LogP contribution in [0.3, 0.4) is 0 Å².